The Kier molecular flexibility index (Phi) is 4.39. The lowest BCUT2D eigenvalue weighted by Gasteiger charge is -2.25. The Labute approximate surface area is 139 Å². The molecule has 2 rings (SSSR count). The largest absolute Gasteiger partial charge is 0.465 e. The summed E-state index contributed by atoms with van der Waals surface area (Å²) in [6, 6.07) is 3.84. The molecule has 120 valence electrons. The van der Waals surface area contributed by atoms with Gasteiger partial charge in [0.1, 0.15) is 6.29 Å². The van der Waals surface area contributed by atoms with Crippen molar-refractivity contribution in [2.24, 2.45) is 11.3 Å². The van der Waals surface area contributed by atoms with Crippen LogP contribution in [-0.2, 0) is 6.42 Å². The van der Waals surface area contributed by atoms with Crippen LogP contribution in [0.15, 0.2) is 16.6 Å². The van der Waals surface area contributed by atoms with Crippen LogP contribution in [0.25, 0.3) is 0 Å². The van der Waals surface area contributed by atoms with Gasteiger partial charge in [0, 0.05) is 10.0 Å². The van der Waals surface area contributed by atoms with Crippen molar-refractivity contribution in [3.63, 3.8) is 0 Å². The molecule has 2 N–H and O–H groups in total. The third-order valence-electron chi connectivity index (χ3n) is 4.57. The van der Waals surface area contributed by atoms with Crippen LogP contribution in [0.3, 0.4) is 0 Å². The molecule has 0 aromatic heterocycles. The summed E-state index contributed by atoms with van der Waals surface area (Å²) < 4.78 is 0.880. The molecule has 4 nitrogen and oxygen atoms in total. The van der Waals surface area contributed by atoms with Crippen molar-refractivity contribution >= 4 is 28.3 Å². The molecule has 1 aromatic carbocycles. The average molecular weight is 368 g/mol. The fraction of sp³-hybridized carbons (Fsp3) is 0.529. The summed E-state index contributed by atoms with van der Waals surface area (Å²) in [5.74, 6) is 0.288. The molecule has 1 aliphatic rings. The summed E-state index contributed by atoms with van der Waals surface area (Å²) in [5.41, 5.74) is 2.13. The topological polar surface area (TPSA) is 66.4 Å². The Balaban J connectivity index is 2.32. The molecule has 5 heteroatoms. The lowest BCUT2D eigenvalue weighted by molar-refractivity contribution is 0.112. The molecule has 1 aliphatic carbocycles. The van der Waals surface area contributed by atoms with Crippen LogP contribution in [0.1, 0.15) is 48.7 Å². The van der Waals surface area contributed by atoms with Gasteiger partial charge < -0.3 is 10.4 Å². The Morgan fingerprint density at radius 3 is 2.59 bits per heavy atom. The first-order valence-corrected chi connectivity index (χ1v) is 8.14. The van der Waals surface area contributed by atoms with Gasteiger partial charge in [0.2, 0.25) is 0 Å². The second kappa shape index (κ2) is 5.69. The van der Waals surface area contributed by atoms with Gasteiger partial charge in [-0.15, -0.1) is 0 Å². The minimum atomic E-state index is -0.992. The molecular weight excluding hydrogens is 346 g/mol. The molecule has 0 radical (unpaired) electrons. The summed E-state index contributed by atoms with van der Waals surface area (Å²) in [6.45, 7) is 8.28. The van der Waals surface area contributed by atoms with Crippen molar-refractivity contribution in [3.8, 4) is 0 Å². The third kappa shape index (κ3) is 3.35. The zero-order valence-corrected chi connectivity index (χ0v) is 15.0. The third-order valence-corrected chi connectivity index (χ3v) is 5.39. The number of carboxylic acid groups (broad SMARTS) is 1. The monoisotopic (exact) mass is 367 g/mol. The van der Waals surface area contributed by atoms with Crippen LogP contribution in [-0.4, -0.2) is 23.0 Å². The van der Waals surface area contributed by atoms with Gasteiger partial charge in [0.25, 0.3) is 0 Å². The second-order valence-electron chi connectivity index (χ2n) is 7.30. The van der Waals surface area contributed by atoms with E-state index >= 15 is 0 Å². The summed E-state index contributed by atoms with van der Waals surface area (Å²) in [6.07, 6.45) is 1.27. The highest BCUT2D eigenvalue weighted by molar-refractivity contribution is 9.10. The minimum Gasteiger partial charge on any atom is -0.465 e. The highest BCUT2D eigenvalue weighted by Gasteiger charge is 2.59. The number of carbonyl (C=O) groups excluding carboxylic acids is 1. The number of amides is 1. The van der Waals surface area contributed by atoms with E-state index in [0.717, 1.165) is 28.3 Å². The summed E-state index contributed by atoms with van der Waals surface area (Å²) in [7, 11) is 0. The molecule has 2 atom stereocenters. The van der Waals surface area contributed by atoms with Gasteiger partial charge in [0.15, 0.2) is 0 Å². The molecule has 1 saturated carbocycles. The standard InChI is InChI=1S/C17H22BrNO3/c1-10-12(9-20)5-11(6-13(10)18)7-17(19-15(21)22)8-14(17)16(2,3)4/h5-6,9,14,19H,7-8H2,1-4H3,(H,21,22). The van der Waals surface area contributed by atoms with E-state index in [1.807, 2.05) is 19.1 Å². The van der Waals surface area contributed by atoms with Crippen molar-refractivity contribution < 1.29 is 14.7 Å². The van der Waals surface area contributed by atoms with Gasteiger partial charge in [-0.3, -0.25) is 4.79 Å². The summed E-state index contributed by atoms with van der Waals surface area (Å²) >= 11 is 3.48. The molecular formula is C17H22BrNO3. The maximum atomic E-state index is 11.2. The molecule has 0 bridgehead atoms. The first kappa shape index (κ1) is 17.0. The Bertz CT molecular complexity index is 621. The normalized spacial score (nSPS) is 24.0. The number of nitrogens with one attached hydrogen (secondary N) is 1. The van der Waals surface area contributed by atoms with Crippen LogP contribution in [0.2, 0.25) is 0 Å². The van der Waals surface area contributed by atoms with Crippen LogP contribution in [0.4, 0.5) is 4.79 Å². The van der Waals surface area contributed by atoms with Crippen molar-refractivity contribution in [1.29, 1.82) is 0 Å². The first-order chi connectivity index (χ1) is 10.1. The number of benzene rings is 1. The highest BCUT2D eigenvalue weighted by atomic mass is 79.9. The molecule has 1 aromatic rings. The smallest absolute Gasteiger partial charge is 0.405 e. The number of hydrogen-bond donors (Lipinski definition) is 2. The quantitative estimate of drug-likeness (QED) is 0.784. The average Bonchev–Trinajstić information content (AvgIpc) is 3.06. The Morgan fingerprint density at radius 2 is 2.14 bits per heavy atom. The predicted molar refractivity (Wildman–Crippen MR) is 89.4 cm³/mol. The second-order valence-corrected chi connectivity index (χ2v) is 8.15. The van der Waals surface area contributed by atoms with E-state index < -0.39 is 11.6 Å². The van der Waals surface area contributed by atoms with E-state index in [1.54, 1.807) is 0 Å². The van der Waals surface area contributed by atoms with Crippen molar-refractivity contribution in [3.05, 3.63) is 33.3 Å². The predicted octanol–water partition coefficient (Wildman–Crippen LogP) is 4.18. The van der Waals surface area contributed by atoms with E-state index in [-0.39, 0.29) is 11.3 Å². The zero-order valence-electron chi connectivity index (χ0n) is 13.4. The zero-order chi connectivity index (χ0) is 16.7. The first-order valence-electron chi connectivity index (χ1n) is 7.34. The fourth-order valence-corrected chi connectivity index (χ4v) is 3.90. The molecule has 22 heavy (non-hydrogen) atoms. The fourth-order valence-electron chi connectivity index (χ4n) is 3.38. The van der Waals surface area contributed by atoms with E-state index in [1.165, 1.54) is 0 Å². The number of rotatable bonds is 4. The van der Waals surface area contributed by atoms with E-state index in [2.05, 4.69) is 42.0 Å². The SMILES string of the molecule is Cc1c(Br)cc(CC2(NC(=O)O)CC2C(C)(C)C)cc1C=O. The number of aldehydes is 1. The maximum Gasteiger partial charge on any atom is 0.405 e. The van der Waals surface area contributed by atoms with Crippen molar-refractivity contribution in [2.45, 2.75) is 46.1 Å². The molecule has 0 spiro atoms. The van der Waals surface area contributed by atoms with Crippen molar-refractivity contribution in [1.82, 2.24) is 5.32 Å². The van der Waals surface area contributed by atoms with Gasteiger partial charge in [-0.25, -0.2) is 4.79 Å². The van der Waals surface area contributed by atoms with E-state index in [0.29, 0.717) is 12.0 Å². The van der Waals surface area contributed by atoms with Crippen LogP contribution in [0.5, 0.6) is 0 Å². The maximum absolute atomic E-state index is 11.2. The lowest BCUT2D eigenvalue weighted by atomic mass is 9.85. The van der Waals surface area contributed by atoms with Gasteiger partial charge in [0.05, 0.1) is 5.54 Å². The van der Waals surface area contributed by atoms with Gasteiger partial charge >= 0.3 is 6.09 Å². The molecule has 0 saturated heterocycles. The number of carbonyl (C=O) groups is 2. The van der Waals surface area contributed by atoms with Crippen LogP contribution >= 0.6 is 15.9 Å². The van der Waals surface area contributed by atoms with E-state index in [4.69, 9.17) is 0 Å². The Hall–Kier alpha value is -1.36. The Morgan fingerprint density at radius 1 is 1.50 bits per heavy atom. The molecule has 1 amide bonds. The summed E-state index contributed by atoms with van der Waals surface area (Å²) in [5, 5.41) is 11.9. The summed E-state index contributed by atoms with van der Waals surface area (Å²) in [4.78, 5) is 22.4. The van der Waals surface area contributed by atoms with Gasteiger partial charge in [-0.1, -0.05) is 36.7 Å². The van der Waals surface area contributed by atoms with E-state index in [9.17, 15) is 14.7 Å². The molecule has 0 heterocycles. The number of hydrogen-bond acceptors (Lipinski definition) is 2. The lowest BCUT2D eigenvalue weighted by Crippen LogP contribution is -2.41. The molecule has 2 unspecified atom stereocenters. The molecule has 0 aliphatic heterocycles. The highest BCUT2D eigenvalue weighted by Crippen LogP contribution is 2.55. The van der Waals surface area contributed by atoms with Gasteiger partial charge in [-0.05, 0) is 54.4 Å². The van der Waals surface area contributed by atoms with Crippen molar-refractivity contribution in [2.75, 3.05) is 0 Å². The minimum absolute atomic E-state index is 0.0396. The van der Waals surface area contributed by atoms with Crippen LogP contribution < -0.4 is 5.32 Å². The number of halogens is 1. The van der Waals surface area contributed by atoms with Crippen LogP contribution in [0, 0.1) is 18.3 Å². The van der Waals surface area contributed by atoms with Gasteiger partial charge in [-0.2, -0.15) is 0 Å². The molecule has 1 fully saturated rings.